The molecule has 102 valence electrons. The van der Waals surface area contributed by atoms with Crippen molar-refractivity contribution in [3.05, 3.63) is 39.8 Å². The number of hydrogen-bond donors (Lipinski definition) is 1. The minimum Gasteiger partial charge on any atom is -0.477 e. The predicted molar refractivity (Wildman–Crippen MR) is 74.6 cm³/mol. The standard InChI is InChI=1S/C13H17N3O2S/c1-10-11(8-12(19-10)13(17)18)9-15(2)6-7-16-5-3-4-14-16/h3-5,8H,6-7,9H2,1-2H3,(H,17,18). The molecule has 1 N–H and O–H groups in total. The lowest BCUT2D eigenvalue weighted by Crippen LogP contribution is -2.23. The molecular formula is C13H17N3O2S. The second-order valence-corrected chi connectivity index (χ2v) is 5.76. The summed E-state index contributed by atoms with van der Waals surface area (Å²) in [6.07, 6.45) is 3.70. The summed E-state index contributed by atoms with van der Waals surface area (Å²) >= 11 is 1.34. The van der Waals surface area contributed by atoms with E-state index in [1.807, 2.05) is 30.9 Å². The highest BCUT2D eigenvalue weighted by Crippen LogP contribution is 2.22. The molecule has 0 aliphatic carbocycles. The van der Waals surface area contributed by atoms with Gasteiger partial charge in [-0.25, -0.2) is 4.79 Å². The third kappa shape index (κ3) is 3.65. The highest BCUT2D eigenvalue weighted by molar-refractivity contribution is 7.14. The Balaban J connectivity index is 1.91. The van der Waals surface area contributed by atoms with Crippen LogP contribution in [0.1, 0.15) is 20.1 Å². The number of thiophene rings is 1. The molecule has 0 saturated heterocycles. The Kier molecular flexibility index (Phi) is 4.34. The molecule has 0 fully saturated rings. The lowest BCUT2D eigenvalue weighted by atomic mass is 10.2. The van der Waals surface area contributed by atoms with Gasteiger partial charge in [-0.3, -0.25) is 4.68 Å². The molecule has 0 spiro atoms. The number of carboxylic acid groups (broad SMARTS) is 1. The van der Waals surface area contributed by atoms with Crippen molar-refractivity contribution >= 4 is 17.3 Å². The van der Waals surface area contributed by atoms with Gasteiger partial charge in [-0.1, -0.05) is 0 Å². The van der Waals surface area contributed by atoms with Crippen LogP contribution in [0.25, 0.3) is 0 Å². The first-order chi connectivity index (χ1) is 9.06. The highest BCUT2D eigenvalue weighted by atomic mass is 32.1. The summed E-state index contributed by atoms with van der Waals surface area (Å²) in [5.74, 6) is -0.849. The molecular weight excluding hydrogens is 262 g/mol. The maximum absolute atomic E-state index is 10.9. The molecule has 0 aliphatic rings. The third-order valence-electron chi connectivity index (χ3n) is 2.94. The SMILES string of the molecule is Cc1sc(C(=O)O)cc1CN(C)CCn1cccn1. The first-order valence-corrected chi connectivity index (χ1v) is 6.86. The topological polar surface area (TPSA) is 58.4 Å². The van der Waals surface area contributed by atoms with E-state index in [1.54, 1.807) is 12.3 Å². The smallest absolute Gasteiger partial charge is 0.345 e. The number of nitrogens with zero attached hydrogens (tertiary/aromatic N) is 3. The van der Waals surface area contributed by atoms with Crippen LogP contribution in [-0.4, -0.2) is 39.3 Å². The second kappa shape index (κ2) is 5.99. The zero-order valence-electron chi connectivity index (χ0n) is 11.0. The van der Waals surface area contributed by atoms with Crippen LogP contribution in [0.2, 0.25) is 0 Å². The summed E-state index contributed by atoms with van der Waals surface area (Å²) in [5.41, 5.74) is 1.09. The third-order valence-corrected chi connectivity index (χ3v) is 4.02. The molecule has 0 aromatic carbocycles. The van der Waals surface area contributed by atoms with Crippen molar-refractivity contribution < 1.29 is 9.90 Å². The van der Waals surface area contributed by atoms with Gasteiger partial charge in [0.2, 0.25) is 0 Å². The molecule has 19 heavy (non-hydrogen) atoms. The Labute approximate surface area is 116 Å². The maximum atomic E-state index is 10.9. The van der Waals surface area contributed by atoms with Crippen LogP contribution in [0.3, 0.4) is 0 Å². The summed E-state index contributed by atoms with van der Waals surface area (Å²) in [6.45, 7) is 4.43. The summed E-state index contributed by atoms with van der Waals surface area (Å²) < 4.78 is 1.89. The molecule has 0 radical (unpaired) electrons. The van der Waals surface area contributed by atoms with Gasteiger partial charge in [-0.2, -0.15) is 5.10 Å². The molecule has 2 heterocycles. The molecule has 2 rings (SSSR count). The van der Waals surface area contributed by atoms with E-state index in [4.69, 9.17) is 5.11 Å². The molecule has 0 atom stereocenters. The maximum Gasteiger partial charge on any atom is 0.345 e. The number of hydrogen-bond acceptors (Lipinski definition) is 4. The normalized spacial score (nSPS) is 11.1. The zero-order chi connectivity index (χ0) is 13.8. The van der Waals surface area contributed by atoms with Gasteiger partial charge in [0.15, 0.2) is 0 Å². The van der Waals surface area contributed by atoms with Crippen LogP contribution in [0.4, 0.5) is 0 Å². The number of carbonyl (C=O) groups is 1. The first-order valence-electron chi connectivity index (χ1n) is 6.05. The minimum absolute atomic E-state index is 0.410. The summed E-state index contributed by atoms with van der Waals surface area (Å²) in [5, 5.41) is 13.1. The van der Waals surface area contributed by atoms with E-state index in [9.17, 15) is 4.79 Å². The molecule has 0 amide bonds. The summed E-state index contributed by atoms with van der Waals surface area (Å²) in [6, 6.07) is 3.68. The molecule has 6 heteroatoms. The first kappa shape index (κ1) is 13.8. The highest BCUT2D eigenvalue weighted by Gasteiger charge is 2.12. The molecule has 0 bridgehead atoms. The van der Waals surface area contributed by atoms with Crippen molar-refractivity contribution in [1.29, 1.82) is 0 Å². The Morgan fingerprint density at radius 2 is 2.37 bits per heavy atom. The van der Waals surface area contributed by atoms with Crippen LogP contribution in [-0.2, 0) is 13.1 Å². The summed E-state index contributed by atoms with van der Waals surface area (Å²) in [7, 11) is 2.03. The fourth-order valence-corrected chi connectivity index (χ4v) is 2.73. The number of carboxylic acids is 1. The second-order valence-electron chi connectivity index (χ2n) is 4.50. The Morgan fingerprint density at radius 3 is 2.95 bits per heavy atom. The number of aromatic nitrogens is 2. The summed E-state index contributed by atoms with van der Waals surface area (Å²) in [4.78, 5) is 14.6. The zero-order valence-corrected chi connectivity index (χ0v) is 11.9. The quantitative estimate of drug-likeness (QED) is 0.879. The average molecular weight is 279 g/mol. The van der Waals surface area contributed by atoms with Crippen LogP contribution in [0.15, 0.2) is 24.5 Å². The number of aryl methyl sites for hydroxylation is 1. The van der Waals surface area contributed by atoms with Gasteiger partial charge in [-0.05, 0) is 31.7 Å². The van der Waals surface area contributed by atoms with Gasteiger partial charge in [0.25, 0.3) is 0 Å². The molecule has 0 unspecified atom stereocenters. The number of likely N-dealkylation sites (N-methyl/N-ethyl adjacent to an activating group) is 1. The van der Waals surface area contributed by atoms with Crippen molar-refractivity contribution in [3.8, 4) is 0 Å². The Morgan fingerprint density at radius 1 is 1.58 bits per heavy atom. The van der Waals surface area contributed by atoms with Gasteiger partial charge >= 0.3 is 5.97 Å². The Bertz CT molecular complexity index is 548. The predicted octanol–water partition coefficient (Wildman–Crippen LogP) is 2.08. The van der Waals surface area contributed by atoms with Crippen LogP contribution < -0.4 is 0 Å². The Hall–Kier alpha value is -1.66. The average Bonchev–Trinajstić information content (AvgIpc) is 2.97. The fourth-order valence-electron chi connectivity index (χ4n) is 1.86. The molecule has 0 aliphatic heterocycles. The van der Waals surface area contributed by atoms with Crippen molar-refractivity contribution in [1.82, 2.24) is 14.7 Å². The van der Waals surface area contributed by atoms with E-state index >= 15 is 0 Å². The van der Waals surface area contributed by atoms with Crippen LogP contribution in [0, 0.1) is 6.92 Å². The largest absolute Gasteiger partial charge is 0.477 e. The van der Waals surface area contributed by atoms with E-state index in [0.717, 1.165) is 30.1 Å². The molecule has 2 aromatic rings. The van der Waals surface area contributed by atoms with Crippen molar-refractivity contribution in [3.63, 3.8) is 0 Å². The van der Waals surface area contributed by atoms with Gasteiger partial charge in [-0.15, -0.1) is 11.3 Å². The van der Waals surface area contributed by atoms with Gasteiger partial charge in [0.1, 0.15) is 4.88 Å². The van der Waals surface area contributed by atoms with Crippen molar-refractivity contribution in [2.75, 3.05) is 13.6 Å². The van der Waals surface area contributed by atoms with Crippen molar-refractivity contribution in [2.24, 2.45) is 0 Å². The number of rotatable bonds is 6. The van der Waals surface area contributed by atoms with Gasteiger partial charge in [0.05, 0.1) is 6.54 Å². The fraction of sp³-hybridized carbons (Fsp3) is 0.385. The lowest BCUT2D eigenvalue weighted by Gasteiger charge is -2.16. The van der Waals surface area contributed by atoms with E-state index in [0.29, 0.717) is 4.88 Å². The monoisotopic (exact) mass is 279 g/mol. The van der Waals surface area contributed by atoms with Crippen molar-refractivity contribution in [2.45, 2.75) is 20.0 Å². The van der Waals surface area contributed by atoms with Gasteiger partial charge in [0, 0.05) is 30.4 Å². The van der Waals surface area contributed by atoms with Crippen LogP contribution >= 0.6 is 11.3 Å². The lowest BCUT2D eigenvalue weighted by molar-refractivity contribution is 0.0702. The van der Waals surface area contributed by atoms with E-state index in [-0.39, 0.29) is 0 Å². The molecule has 0 saturated carbocycles. The minimum atomic E-state index is -0.849. The van der Waals surface area contributed by atoms with E-state index < -0.39 is 5.97 Å². The van der Waals surface area contributed by atoms with E-state index in [2.05, 4.69) is 10.00 Å². The van der Waals surface area contributed by atoms with E-state index in [1.165, 1.54) is 11.3 Å². The van der Waals surface area contributed by atoms with Gasteiger partial charge < -0.3 is 10.0 Å². The number of aromatic carboxylic acids is 1. The molecule has 2 aromatic heterocycles. The van der Waals surface area contributed by atoms with Crippen LogP contribution in [0.5, 0.6) is 0 Å². The molecule has 5 nitrogen and oxygen atoms in total.